The molecule has 0 aromatic heterocycles. The first-order valence-corrected chi connectivity index (χ1v) is 5.99. The molecule has 1 N–H and O–H groups in total. The zero-order valence-corrected chi connectivity index (χ0v) is 9.47. The van der Waals surface area contributed by atoms with Gasteiger partial charge in [-0.3, -0.25) is 0 Å². The van der Waals surface area contributed by atoms with Gasteiger partial charge in [-0.15, -0.1) is 0 Å². The van der Waals surface area contributed by atoms with Crippen molar-refractivity contribution in [1.82, 2.24) is 5.32 Å². The van der Waals surface area contributed by atoms with Crippen molar-refractivity contribution < 1.29 is 0 Å². The van der Waals surface area contributed by atoms with Gasteiger partial charge in [0.15, 0.2) is 0 Å². The van der Waals surface area contributed by atoms with Crippen molar-refractivity contribution in [3.8, 4) is 0 Å². The minimum Gasteiger partial charge on any atom is -0.314 e. The van der Waals surface area contributed by atoms with Crippen molar-refractivity contribution in [3.63, 3.8) is 0 Å². The van der Waals surface area contributed by atoms with Gasteiger partial charge in [0, 0.05) is 6.04 Å². The molecule has 2 atom stereocenters. The topological polar surface area (TPSA) is 12.0 Å². The highest BCUT2D eigenvalue weighted by atomic mass is 14.9. The molecule has 1 aliphatic rings. The van der Waals surface area contributed by atoms with Crippen LogP contribution in [0.15, 0.2) is 0 Å². The maximum absolute atomic E-state index is 3.70. The van der Waals surface area contributed by atoms with Crippen LogP contribution in [-0.4, -0.2) is 12.6 Å². The lowest BCUT2D eigenvalue weighted by molar-refractivity contribution is 0.381. The summed E-state index contributed by atoms with van der Waals surface area (Å²) in [6.07, 6.45) is 6.90. The molecule has 1 rings (SSSR count). The van der Waals surface area contributed by atoms with Crippen molar-refractivity contribution in [3.05, 3.63) is 0 Å². The summed E-state index contributed by atoms with van der Waals surface area (Å²) in [6, 6.07) is 0.774. The van der Waals surface area contributed by atoms with Crippen molar-refractivity contribution in [2.75, 3.05) is 6.54 Å². The van der Waals surface area contributed by atoms with Gasteiger partial charge in [0.1, 0.15) is 0 Å². The molecular formula is C12H25N. The Morgan fingerprint density at radius 2 is 1.92 bits per heavy atom. The van der Waals surface area contributed by atoms with Gasteiger partial charge < -0.3 is 5.32 Å². The average Bonchev–Trinajstić information content (AvgIpc) is 2.95. The fourth-order valence-corrected chi connectivity index (χ4v) is 1.70. The van der Waals surface area contributed by atoms with Gasteiger partial charge >= 0.3 is 0 Å². The van der Waals surface area contributed by atoms with E-state index in [9.17, 15) is 0 Å². The van der Waals surface area contributed by atoms with Gasteiger partial charge in [-0.05, 0) is 44.1 Å². The van der Waals surface area contributed by atoms with Crippen LogP contribution in [0.25, 0.3) is 0 Å². The maximum atomic E-state index is 3.70. The average molecular weight is 183 g/mol. The Morgan fingerprint density at radius 3 is 2.38 bits per heavy atom. The third kappa shape index (κ3) is 4.66. The first kappa shape index (κ1) is 11.0. The number of hydrogen-bond acceptors (Lipinski definition) is 1. The largest absolute Gasteiger partial charge is 0.314 e. The van der Waals surface area contributed by atoms with Gasteiger partial charge in [0.25, 0.3) is 0 Å². The second-order valence-electron chi connectivity index (χ2n) is 4.71. The molecule has 78 valence electrons. The minimum absolute atomic E-state index is 0.774. The first-order valence-electron chi connectivity index (χ1n) is 5.99. The van der Waals surface area contributed by atoms with Crippen LogP contribution in [0.1, 0.15) is 52.9 Å². The van der Waals surface area contributed by atoms with E-state index in [1.807, 2.05) is 0 Å². The minimum atomic E-state index is 0.774. The third-order valence-electron chi connectivity index (χ3n) is 3.27. The lowest BCUT2D eigenvalue weighted by Crippen LogP contribution is -2.31. The van der Waals surface area contributed by atoms with Crippen LogP contribution in [0.5, 0.6) is 0 Å². The Bertz CT molecular complexity index is 129. The normalized spacial score (nSPS) is 21.5. The zero-order valence-electron chi connectivity index (χ0n) is 9.47. The van der Waals surface area contributed by atoms with Gasteiger partial charge in [0.05, 0.1) is 0 Å². The predicted octanol–water partition coefficient (Wildman–Crippen LogP) is 3.20. The molecule has 0 aromatic rings. The maximum Gasteiger partial charge on any atom is 0.00670 e. The summed E-state index contributed by atoms with van der Waals surface area (Å²) in [6.45, 7) is 8.22. The van der Waals surface area contributed by atoms with Crippen LogP contribution in [0, 0.1) is 11.8 Å². The highest BCUT2D eigenvalue weighted by Gasteiger charge is 2.22. The standard InChI is InChI=1S/C12H25N/c1-4-10(3)8-12(5-2)13-9-11-6-7-11/h10-13H,4-9H2,1-3H3. The van der Waals surface area contributed by atoms with Crippen LogP contribution >= 0.6 is 0 Å². The molecule has 13 heavy (non-hydrogen) atoms. The molecule has 1 aliphatic carbocycles. The molecule has 2 unspecified atom stereocenters. The molecular weight excluding hydrogens is 158 g/mol. The Balaban J connectivity index is 2.08. The molecule has 1 nitrogen and oxygen atoms in total. The second kappa shape index (κ2) is 5.64. The molecule has 0 spiro atoms. The van der Waals surface area contributed by atoms with Crippen LogP contribution in [0.4, 0.5) is 0 Å². The van der Waals surface area contributed by atoms with Gasteiger partial charge in [-0.25, -0.2) is 0 Å². The summed E-state index contributed by atoms with van der Waals surface area (Å²) in [4.78, 5) is 0. The molecule has 0 aliphatic heterocycles. The highest BCUT2D eigenvalue weighted by Crippen LogP contribution is 2.28. The van der Waals surface area contributed by atoms with E-state index in [1.165, 1.54) is 38.6 Å². The van der Waals surface area contributed by atoms with E-state index in [4.69, 9.17) is 0 Å². The predicted molar refractivity (Wildman–Crippen MR) is 58.9 cm³/mol. The van der Waals surface area contributed by atoms with E-state index in [2.05, 4.69) is 26.1 Å². The molecule has 1 saturated carbocycles. The first-order chi connectivity index (χ1) is 6.26. The summed E-state index contributed by atoms with van der Waals surface area (Å²) < 4.78 is 0. The molecule has 0 amide bonds. The molecule has 0 heterocycles. The number of hydrogen-bond donors (Lipinski definition) is 1. The van der Waals surface area contributed by atoms with Gasteiger partial charge in [0.2, 0.25) is 0 Å². The fourth-order valence-electron chi connectivity index (χ4n) is 1.70. The SMILES string of the molecule is CCC(C)CC(CC)NCC1CC1. The number of nitrogens with one attached hydrogen (secondary N) is 1. The molecule has 0 radical (unpaired) electrons. The van der Waals surface area contributed by atoms with Crippen LogP contribution < -0.4 is 5.32 Å². The zero-order chi connectivity index (χ0) is 9.68. The van der Waals surface area contributed by atoms with E-state index < -0.39 is 0 Å². The fraction of sp³-hybridized carbons (Fsp3) is 1.00. The molecule has 0 bridgehead atoms. The number of rotatable bonds is 7. The van der Waals surface area contributed by atoms with E-state index in [1.54, 1.807) is 0 Å². The van der Waals surface area contributed by atoms with E-state index in [0.29, 0.717) is 0 Å². The Morgan fingerprint density at radius 1 is 1.23 bits per heavy atom. The lowest BCUT2D eigenvalue weighted by Gasteiger charge is -2.20. The summed E-state index contributed by atoms with van der Waals surface area (Å²) in [5, 5.41) is 3.70. The molecule has 1 heteroatoms. The van der Waals surface area contributed by atoms with Gasteiger partial charge in [-0.1, -0.05) is 27.2 Å². The summed E-state index contributed by atoms with van der Waals surface area (Å²) in [5.41, 5.74) is 0. The monoisotopic (exact) mass is 183 g/mol. The van der Waals surface area contributed by atoms with Gasteiger partial charge in [-0.2, -0.15) is 0 Å². The van der Waals surface area contributed by atoms with E-state index in [0.717, 1.165) is 17.9 Å². The summed E-state index contributed by atoms with van der Waals surface area (Å²) in [5.74, 6) is 1.91. The molecule has 0 aromatic carbocycles. The Labute approximate surface area is 83.3 Å². The van der Waals surface area contributed by atoms with Crippen LogP contribution in [0.2, 0.25) is 0 Å². The van der Waals surface area contributed by atoms with Crippen LogP contribution in [0.3, 0.4) is 0 Å². The summed E-state index contributed by atoms with van der Waals surface area (Å²) in [7, 11) is 0. The van der Waals surface area contributed by atoms with E-state index >= 15 is 0 Å². The second-order valence-corrected chi connectivity index (χ2v) is 4.71. The van der Waals surface area contributed by atoms with Crippen molar-refractivity contribution in [1.29, 1.82) is 0 Å². The van der Waals surface area contributed by atoms with Crippen molar-refractivity contribution in [2.45, 2.75) is 58.9 Å². The Hall–Kier alpha value is -0.0400. The van der Waals surface area contributed by atoms with Crippen molar-refractivity contribution in [2.24, 2.45) is 11.8 Å². The quantitative estimate of drug-likeness (QED) is 0.639. The highest BCUT2D eigenvalue weighted by molar-refractivity contribution is 4.78. The van der Waals surface area contributed by atoms with E-state index in [-0.39, 0.29) is 0 Å². The molecule has 0 saturated heterocycles. The Kier molecular flexibility index (Phi) is 4.79. The molecule has 1 fully saturated rings. The lowest BCUT2D eigenvalue weighted by atomic mass is 9.98. The third-order valence-corrected chi connectivity index (χ3v) is 3.27. The smallest absolute Gasteiger partial charge is 0.00670 e. The van der Waals surface area contributed by atoms with Crippen LogP contribution in [-0.2, 0) is 0 Å². The summed E-state index contributed by atoms with van der Waals surface area (Å²) >= 11 is 0. The van der Waals surface area contributed by atoms with Crippen molar-refractivity contribution >= 4 is 0 Å².